The van der Waals surface area contributed by atoms with Crippen molar-refractivity contribution in [2.24, 2.45) is 17.8 Å². The van der Waals surface area contributed by atoms with Crippen molar-refractivity contribution < 1.29 is 4.79 Å². The Morgan fingerprint density at radius 3 is 2.57 bits per heavy atom. The lowest BCUT2D eigenvalue weighted by molar-refractivity contribution is -0.135. The predicted octanol–water partition coefficient (Wildman–Crippen LogP) is 2.52. The van der Waals surface area contributed by atoms with Crippen LogP contribution in [0.1, 0.15) is 27.2 Å². The number of nitrogens with zero attached hydrogens (tertiary/aromatic N) is 1. The van der Waals surface area contributed by atoms with Gasteiger partial charge in [0.15, 0.2) is 0 Å². The van der Waals surface area contributed by atoms with Crippen molar-refractivity contribution in [2.45, 2.75) is 27.2 Å². The van der Waals surface area contributed by atoms with E-state index in [9.17, 15) is 4.79 Å². The first-order chi connectivity index (χ1) is 6.56. The van der Waals surface area contributed by atoms with Crippen molar-refractivity contribution in [3.05, 3.63) is 0 Å². The number of likely N-dealkylation sites (tertiary alicyclic amines) is 1. The molecule has 0 aliphatic carbocycles. The van der Waals surface area contributed by atoms with Gasteiger partial charge in [0.2, 0.25) is 5.91 Å². The van der Waals surface area contributed by atoms with Crippen molar-refractivity contribution in [2.75, 3.05) is 18.4 Å². The molecule has 0 saturated carbocycles. The Bertz CT molecular complexity index is 205. The predicted molar refractivity (Wildman–Crippen MR) is 62.5 cm³/mol. The molecule has 82 valence electrons. The molecule has 0 aromatic rings. The molecule has 0 aromatic heterocycles. The van der Waals surface area contributed by atoms with Crippen LogP contribution >= 0.6 is 15.9 Å². The van der Waals surface area contributed by atoms with Gasteiger partial charge in [0.1, 0.15) is 0 Å². The highest BCUT2D eigenvalue weighted by Gasteiger charge is 2.29. The van der Waals surface area contributed by atoms with E-state index in [2.05, 4.69) is 29.8 Å². The Balaban J connectivity index is 2.47. The summed E-state index contributed by atoms with van der Waals surface area (Å²) in [6.45, 7) is 8.16. The van der Waals surface area contributed by atoms with Gasteiger partial charge in [-0.3, -0.25) is 4.79 Å². The third-order valence-corrected chi connectivity index (χ3v) is 4.12. The number of alkyl halides is 1. The number of halogens is 1. The molecule has 1 fully saturated rings. The Morgan fingerprint density at radius 2 is 2.14 bits per heavy atom. The van der Waals surface area contributed by atoms with Crippen molar-refractivity contribution in [1.29, 1.82) is 0 Å². The summed E-state index contributed by atoms with van der Waals surface area (Å²) >= 11 is 3.48. The molecular formula is C11H20BrNO. The molecule has 0 radical (unpaired) electrons. The molecule has 2 nitrogen and oxygen atoms in total. The molecule has 1 heterocycles. The minimum Gasteiger partial charge on any atom is -0.342 e. The third-order valence-electron chi connectivity index (χ3n) is 3.21. The minimum atomic E-state index is 0.170. The molecule has 0 spiro atoms. The maximum Gasteiger partial charge on any atom is 0.225 e. The molecule has 0 bridgehead atoms. The van der Waals surface area contributed by atoms with Crippen LogP contribution in [0.5, 0.6) is 0 Å². The normalized spacial score (nSPS) is 24.4. The largest absolute Gasteiger partial charge is 0.342 e. The van der Waals surface area contributed by atoms with Crippen LogP contribution in [0.2, 0.25) is 0 Å². The third kappa shape index (κ3) is 2.72. The van der Waals surface area contributed by atoms with Crippen LogP contribution in [0, 0.1) is 17.8 Å². The first-order valence-electron chi connectivity index (χ1n) is 5.41. The van der Waals surface area contributed by atoms with Gasteiger partial charge in [0.05, 0.1) is 0 Å². The van der Waals surface area contributed by atoms with E-state index in [1.807, 2.05) is 11.8 Å². The Hall–Kier alpha value is -0.0500. The van der Waals surface area contributed by atoms with Gasteiger partial charge >= 0.3 is 0 Å². The highest BCUT2D eigenvalue weighted by atomic mass is 79.9. The minimum absolute atomic E-state index is 0.170. The van der Waals surface area contributed by atoms with Gasteiger partial charge in [-0.25, -0.2) is 0 Å². The number of carbonyl (C=O) groups excluding carboxylic acids is 1. The van der Waals surface area contributed by atoms with Crippen molar-refractivity contribution in [3.63, 3.8) is 0 Å². The Kier molecular flexibility index (Phi) is 4.42. The van der Waals surface area contributed by atoms with Gasteiger partial charge in [-0.1, -0.05) is 36.7 Å². The standard InChI is InChI=1S/C11H20BrNO/c1-8(2)9(3)11(14)13-5-4-10(6-12)7-13/h8-10H,4-7H2,1-3H3. The zero-order valence-corrected chi connectivity index (χ0v) is 10.9. The SMILES string of the molecule is CC(C)C(C)C(=O)N1CCC(CBr)C1. The second kappa shape index (κ2) is 5.15. The lowest BCUT2D eigenvalue weighted by Gasteiger charge is -2.23. The molecule has 3 heteroatoms. The quantitative estimate of drug-likeness (QED) is 0.716. The summed E-state index contributed by atoms with van der Waals surface area (Å²) in [6.07, 6.45) is 1.15. The summed E-state index contributed by atoms with van der Waals surface area (Å²) in [7, 11) is 0. The lowest BCUT2D eigenvalue weighted by atomic mass is 9.97. The zero-order chi connectivity index (χ0) is 10.7. The van der Waals surface area contributed by atoms with Crippen LogP contribution in [0.15, 0.2) is 0 Å². The van der Waals surface area contributed by atoms with Crippen molar-refractivity contribution >= 4 is 21.8 Å². The summed E-state index contributed by atoms with van der Waals surface area (Å²) in [5.74, 6) is 1.62. The average molecular weight is 262 g/mol. The molecule has 1 rings (SSSR count). The van der Waals surface area contributed by atoms with E-state index in [1.165, 1.54) is 0 Å². The van der Waals surface area contributed by atoms with E-state index in [0.717, 1.165) is 24.8 Å². The van der Waals surface area contributed by atoms with Crippen LogP contribution in [0.3, 0.4) is 0 Å². The van der Waals surface area contributed by atoms with Gasteiger partial charge in [0, 0.05) is 24.3 Å². The number of hydrogen-bond donors (Lipinski definition) is 0. The monoisotopic (exact) mass is 261 g/mol. The summed E-state index contributed by atoms with van der Waals surface area (Å²) in [5.41, 5.74) is 0. The van der Waals surface area contributed by atoms with Crippen LogP contribution in [0.25, 0.3) is 0 Å². The van der Waals surface area contributed by atoms with Gasteiger partial charge < -0.3 is 4.90 Å². The molecule has 1 amide bonds. The molecule has 1 aliphatic rings. The van der Waals surface area contributed by atoms with Crippen molar-refractivity contribution in [3.8, 4) is 0 Å². The molecule has 2 unspecified atom stereocenters. The average Bonchev–Trinajstić information content (AvgIpc) is 2.63. The number of carbonyl (C=O) groups is 1. The summed E-state index contributed by atoms with van der Waals surface area (Å²) in [6, 6.07) is 0. The number of hydrogen-bond acceptors (Lipinski definition) is 1. The lowest BCUT2D eigenvalue weighted by Crippen LogP contribution is -2.35. The van der Waals surface area contributed by atoms with Gasteiger partial charge in [0.25, 0.3) is 0 Å². The molecule has 1 saturated heterocycles. The molecule has 2 atom stereocenters. The van der Waals surface area contributed by atoms with Crippen LogP contribution in [0.4, 0.5) is 0 Å². The van der Waals surface area contributed by atoms with E-state index in [-0.39, 0.29) is 5.92 Å². The van der Waals surface area contributed by atoms with E-state index in [0.29, 0.717) is 17.7 Å². The van der Waals surface area contributed by atoms with E-state index < -0.39 is 0 Å². The summed E-state index contributed by atoms with van der Waals surface area (Å²) < 4.78 is 0. The Morgan fingerprint density at radius 1 is 1.50 bits per heavy atom. The maximum absolute atomic E-state index is 12.0. The first-order valence-corrected chi connectivity index (χ1v) is 6.53. The van der Waals surface area contributed by atoms with Gasteiger partial charge in [-0.05, 0) is 18.3 Å². The smallest absolute Gasteiger partial charge is 0.225 e. The number of amides is 1. The topological polar surface area (TPSA) is 20.3 Å². The van der Waals surface area contributed by atoms with Crippen LogP contribution in [-0.2, 0) is 4.79 Å². The molecule has 0 aromatic carbocycles. The summed E-state index contributed by atoms with van der Waals surface area (Å²) in [4.78, 5) is 14.0. The highest BCUT2D eigenvalue weighted by molar-refractivity contribution is 9.09. The second-order valence-electron chi connectivity index (χ2n) is 4.63. The highest BCUT2D eigenvalue weighted by Crippen LogP contribution is 2.22. The van der Waals surface area contributed by atoms with Crippen molar-refractivity contribution in [1.82, 2.24) is 4.90 Å². The van der Waals surface area contributed by atoms with Crippen LogP contribution < -0.4 is 0 Å². The van der Waals surface area contributed by atoms with Gasteiger partial charge in [-0.2, -0.15) is 0 Å². The van der Waals surface area contributed by atoms with E-state index in [4.69, 9.17) is 0 Å². The maximum atomic E-state index is 12.0. The second-order valence-corrected chi connectivity index (χ2v) is 5.27. The summed E-state index contributed by atoms with van der Waals surface area (Å²) in [5, 5.41) is 1.02. The molecular weight excluding hydrogens is 242 g/mol. The first kappa shape index (κ1) is 12.0. The van der Waals surface area contributed by atoms with Crippen LogP contribution in [-0.4, -0.2) is 29.2 Å². The van der Waals surface area contributed by atoms with E-state index >= 15 is 0 Å². The molecule has 0 N–H and O–H groups in total. The van der Waals surface area contributed by atoms with E-state index in [1.54, 1.807) is 0 Å². The fraction of sp³-hybridized carbons (Fsp3) is 0.909. The fourth-order valence-electron chi connectivity index (χ4n) is 1.73. The zero-order valence-electron chi connectivity index (χ0n) is 9.29. The molecule has 1 aliphatic heterocycles. The van der Waals surface area contributed by atoms with Gasteiger partial charge in [-0.15, -0.1) is 0 Å². The Labute approximate surface area is 95.2 Å². The molecule has 14 heavy (non-hydrogen) atoms. The number of rotatable bonds is 3. The fourth-order valence-corrected chi connectivity index (χ4v) is 2.26.